The van der Waals surface area contributed by atoms with Crippen LogP contribution in [0.1, 0.15) is 13.8 Å². The van der Waals surface area contributed by atoms with Crippen molar-refractivity contribution in [3.63, 3.8) is 0 Å². The number of hydrogen-bond donors (Lipinski definition) is 2. The minimum Gasteiger partial charge on any atom is -0.497 e. The van der Waals surface area contributed by atoms with E-state index in [1.165, 1.54) is 6.20 Å². The molecule has 0 heterocycles. The smallest absolute Gasteiger partial charge is 0.267 e. The van der Waals surface area contributed by atoms with E-state index >= 15 is 0 Å². The zero-order valence-corrected chi connectivity index (χ0v) is 15.8. The summed E-state index contributed by atoms with van der Waals surface area (Å²) >= 11 is 0. The minimum atomic E-state index is -0.477. The molecule has 0 fully saturated rings. The summed E-state index contributed by atoms with van der Waals surface area (Å²) in [4.78, 5) is 14.5. The Morgan fingerprint density at radius 3 is 2.19 bits per heavy atom. The molecular formula is C21H24N4O2. The molecule has 0 spiro atoms. The zero-order chi connectivity index (χ0) is 19.6. The van der Waals surface area contributed by atoms with Gasteiger partial charge in [-0.15, -0.1) is 0 Å². The van der Waals surface area contributed by atoms with Gasteiger partial charge in [-0.1, -0.05) is 0 Å². The van der Waals surface area contributed by atoms with E-state index < -0.39 is 5.91 Å². The lowest BCUT2D eigenvalue weighted by atomic mass is 10.2. The second-order valence-electron chi connectivity index (χ2n) is 5.72. The Balaban J connectivity index is 2.02. The molecule has 6 nitrogen and oxygen atoms in total. The Kier molecular flexibility index (Phi) is 7.26. The highest BCUT2D eigenvalue weighted by molar-refractivity contribution is 6.06. The van der Waals surface area contributed by atoms with Crippen molar-refractivity contribution in [1.29, 1.82) is 5.26 Å². The first-order valence-electron chi connectivity index (χ1n) is 8.78. The molecule has 2 rings (SSSR count). The van der Waals surface area contributed by atoms with Crippen molar-refractivity contribution < 1.29 is 9.53 Å². The number of carbonyl (C=O) groups excluding carboxylic acids is 1. The first-order chi connectivity index (χ1) is 13.1. The van der Waals surface area contributed by atoms with Crippen LogP contribution in [0.5, 0.6) is 5.75 Å². The Labute approximate surface area is 160 Å². The molecule has 0 radical (unpaired) electrons. The normalized spacial score (nSPS) is 10.7. The monoisotopic (exact) mass is 364 g/mol. The van der Waals surface area contributed by atoms with E-state index in [9.17, 15) is 10.1 Å². The fourth-order valence-electron chi connectivity index (χ4n) is 2.53. The molecule has 0 atom stereocenters. The van der Waals surface area contributed by atoms with Crippen LogP contribution in [0, 0.1) is 11.3 Å². The lowest BCUT2D eigenvalue weighted by Crippen LogP contribution is -2.21. The van der Waals surface area contributed by atoms with E-state index in [1.54, 1.807) is 31.4 Å². The third-order valence-corrected chi connectivity index (χ3v) is 4.09. The van der Waals surface area contributed by atoms with Gasteiger partial charge in [0.2, 0.25) is 0 Å². The third kappa shape index (κ3) is 5.51. The number of anilines is 3. The summed E-state index contributed by atoms with van der Waals surface area (Å²) in [6.07, 6.45) is 1.41. The van der Waals surface area contributed by atoms with E-state index in [1.807, 2.05) is 30.3 Å². The quantitative estimate of drug-likeness (QED) is 0.547. The van der Waals surface area contributed by atoms with Gasteiger partial charge in [0.25, 0.3) is 5.91 Å². The number of benzene rings is 2. The molecule has 6 heteroatoms. The van der Waals surface area contributed by atoms with Crippen LogP contribution in [0.3, 0.4) is 0 Å². The number of nitrogens with one attached hydrogen (secondary N) is 2. The molecule has 0 aliphatic rings. The fourth-order valence-corrected chi connectivity index (χ4v) is 2.53. The first kappa shape index (κ1) is 19.9. The van der Waals surface area contributed by atoms with Gasteiger partial charge in [-0.3, -0.25) is 4.79 Å². The van der Waals surface area contributed by atoms with E-state index in [4.69, 9.17) is 4.74 Å². The number of nitrogens with zero attached hydrogens (tertiary/aromatic N) is 2. The predicted molar refractivity (Wildman–Crippen MR) is 109 cm³/mol. The molecular weight excluding hydrogens is 340 g/mol. The second-order valence-corrected chi connectivity index (χ2v) is 5.72. The van der Waals surface area contributed by atoms with E-state index in [0.717, 1.165) is 24.5 Å². The third-order valence-electron chi connectivity index (χ3n) is 4.09. The molecule has 0 aliphatic carbocycles. The molecule has 1 amide bonds. The van der Waals surface area contributed by atoms with Crippen molar-refractivity contribution in [3.05, 3.63) is 60.3 Å². The summed E-state index contributed by atoms with van der Waals surface area (Å²) < 4.78 is 5.08. The summed E-state index contributed by atoms with van der Waals surface area (Å²) in [5, 5.41) is 15.0. The van der Waals surface area contributed by atoms with Crippen LogP contribution in [0.4, 0.5) is 17.1 Å². The number of amides is 1. The van der Waals surface area contributed by atoms with E-state index in [2.05, 4.69) is 29.4 Å². The van der Waals surface area contributed by atoms with Crippen LogP contribution in [0.15, 0.2) is 60.3 Å². The Morgan fingerprint density at radius 2 is 1.67 bits per heavy atom. The first-order valence-corrected chi connectivity index (χ1v) is 8.78. The second kappa shape index (κ2) is 9.88. The van der Waals surface area contributed by atoms with Crippen molar-refractivity contribution in [2.45, 2.75) is 13.8 Å². The van der Waals surface area contributed by atoms with Crippen LogP contribution in [-0.2, 0) is 4.79 Å². The summed E-state index contributed by atoms with van der Waals surface area (Å²) in [6.45, 7) is 6.10. The van der Waals surface area contributed by atoms with Crippen molar-refractivity contribution in [2.75, 3.05) is 35.7 Å². The maximum Gasteiger partial charge on any atom is 0.267 e. The van der Waals surface area contributed by atoms with Crippen LogP contribution in [-0.4, -0.2) is 26.1 Å². The van der Waals surface area contributed by atoms with Crippen LogP contribution in [0.25, 0.3) is 0 Å². The molecule has 0 unspecified atom stereocenters. The average molecular weight is 364 g/mol. The highest BCUT2D eigenvalue weighted by Crippen LogP contribution is 2.18. The van der Waals surface area contributed by atoms with E-state index in [0.29, 0.717) is 11.4 Å². The maximum atomic E-state index is 12.3. The molecule has 2 N–H and O–H groups in total. The largest absolute Gasteiger partial charge is 0.497 e. The predicted octanol–water partition coefficient (Wildman–Crippen LogP) is 4.00. The van der Waals surface area contributed by atoms with E-state index in [-0.39, 0.29) is 5.57 Å². The highest BCUT2D eigenvalue weighted by Gasteiger charge is 2.09. The SMILES string of the molecule is CCN(CC)c1ccc(N/C=C(/C#N)C(=O)Nc2ccc(OC)cc2)cc1. The van der Waals surface area contributed by atoms with Gasteiger partial charge in [0.1, 0.15) is 17.4 Å². The van der Waals surface area contributed by atoms with Crippen molar-refractivity contribution in [3.8, 4) is 11.8 Å². The lowest BCUT2D eigenvalue weighted by molar-refractivity contribution is -0.112. The number of nitriles is 1. The van der Waals surface area contributed by atoms with Gasteiger partial charge in [0.15, 0.2) is 0 Å². The van der Waals surface area contributed by atoms with Gasteiger partial charge < -0.3 is 20.3 Å². The number of hydrogen-bond acceptors (Lipinski definition) is 5. The molecule has 27 heavy (non-hydrogen) atoms. The molecule has 0 bridgehead atoms. The molecule has 0 aliphatic heterocycles. The van der Waals surface area contributed by atoms with Gasteiger partial charge in [-0.25, -0.2) is 0 Å². The molecule has 2 aromatic carbocycles. The number of methoxy groups -OCH3 is 1. The zero-order valence-electron chi connectivity index (χ0n) is 15.8. The fraction of sp³-hybridized carbons (Fsp3) is 0.238. The summed E-state index contributed by atoms with van der Waals surface area (Å²) in [5.74, 6) is 0.216. The van der Waals surface area contributed by atoms with Crippen LogP contribution < -0.4 is 20.3 Å². The Bertz CT molecular complexity index is 817. The molecule has 0 saturated heterocycles. The van der Waals surface area contributed by atoms with Gasteiger partial charge >= 0.3 is 0 Å². The number of carbonyl (C=O) groups is 1. The molecule has 2 aromatic rings. The maximum absolute atomic E-state index is 12.3. The minimum absolute atomic E-state index is 0.0152. The summed E-state index contributed by atoms with van der Waals surface area (Å²) in [5.41, 5.74) is 2.51. The Morgan fingerprint density at radius 1 is 1.07 bits per heavy atom. The van der Waals surface area contributed by atoms with Crippen molar-refractivity contribution in [2.24, 2.45) is 0 Å². The van der Waals surface area contributed by atoms with Crippen molar-refractivity contribution in [1.82, 2.24) is 0 Å². The molecule has 0 aromatic heterocycles. The summed E-state index contributed by atoms with van der Waals surface area (Å²) in [6, 6.07) is 16.7. The van der Waals surface area contributed by atoms with Crippen molar-refractivity contribution >= 4 is 23.0 Å². The van der Waals surface area contributed by atoms with Gasteiger partial charge in [-0.05, 0) is 62.4 Å². The summed E-state index contributed by atoms with van der Waals surface area (Å²) in [7, 11) is 1.57. The standard InChI is InChI=1S/C21H24N4O2/c1-4-25(5-2)19-10-6-17(7-11-19)23-15-16(14-22)21(26)24-18-8-12-20(27-3)13-9-18/h6-13,15,23H,4-5H2,1-3H3,(H,24,26)/b16-15-. The topological polar surface area (TPSA) is 77.4 Å². The van der Waals surface area contributed by atoms with Gasteiger partial charge in [-0.2, -0.15) is 5.26 Å². The lowest BCUT2D eigenvalue weighted by Gasteiger charge is -2.21. The Hall–Kier alpha value is -3.46. The number of rotatable bonds is 8. The molecule has 0 saturated carbocycles. The highest BCUT2D eigenvalue weighted by atomic mass is 16.5. The van der Waals surface area contributed by atoms with Crippen LogP contribution in [0.2, 0.25) is 0 Å². The van der Waals surface area contributed by atoms with Crippen LogP contribution >= 0.6 is 0 Å². The number of ether oxygens (including phenoxy) is 1. The molecule has 140 valence electrons. The average Bonchev–Trinajstić information content (AvgIpc) is 2.71. The van der Waals surface area contributed by atoms with Gasteiger partial charge in [0.05, 0.1) is 7.11 Å². The van der Waals surface area contributed by atoms with Gasteiger partial charge in [0, 0.05) is 36.4 Å².